The molecule has 0 bridgehead atoms. The van der Waals surface area contributed by atoms with Crippen LogP contribution >= 0.6 is 24.8 Å². The van der Waals surface area contributed by atoms with E-state index in [2.05, 4.69) is 15.6 Å². The normalized spacial score (nSPS) is 11.2. The van der Waals surface area contributed by atoms with Crippen molar-refractivity contribution in [2.45, 2.75) is 13.5 Å². The molecule has 27 heavy (non-hydrogen) atoms. The van der Waals surface area contributed by atoms with Gasteiger partial charge in [-0.3, -0.25) is 4.79 Å². The highest BCUT2D eigenvalue weighted by molar-refractivity contribution is 5.92. The number of nitrogens with one attached hydrogen (secondary N) is 2. The molecule has 3 aromatic rings. The van der Waals surface area contributed by atoms with E-state index < -0.39 is 0 Å². The standard InChI is InChI=1S/C19H22N4O2.2ClH/c1-14(11-20-2)19(24)22-15-6-5-7-17(10-15)25-13-16-12-23-9-4-3-8-18(23)21-16;;/h3-10,12,14,20H,11,13H2,1-2H3,(H,22,24);2*1H. The van der Waals surface area contributed by atoms with E-state index in [-0.39, 0.29) is 36.6 Å². The van der Waals surface area contributed by atoms with Crippen molar-refractivity contribution in [3.63, 3.8) is 0 Å². The van der Waals surface area contributed by atoms with Crippen LogP contribution in [0.15, 0.2) is 54.9 Å². The van der Waals surface area contributed by atoms with Gasteiger partial charge in [0.05, 0.1) is 5.69 Å². The second-order valence-electron chi connectivity index (χ2n) is 5.96. The third-order valence-electron chi connectivity index (χ3n) is 3.86. The summed E-state index contributed by atoms with van der Waals surface area (Å²) in [4.78, 5) is 16.6. The van der Waals surface area contributed by atoms with Crippen LogP contribution in [-0.2, 0) is 11.4 Å². The van der Waals surface area contributed by atoms with Crippen LogP contribution in [0.3, 0.4) is 0 Å². The SMILES string of the molecule is CNCC(C)C(=O)Nc1cccc(OCc2cn3ccccc3n2)c1.Cl.Cl. The number of nitrogens with zero attached hydrogens (tertiary/aromatic N) is 2. The molecule has 0 aliphatic rings. The van der Waals surface area contributed by atoms with E-state index in [9.17, 15) is 4.79 Å². The average molecular weight is 411 g/mol. The maximum Gasteiger partial charge on any atom is 0.228 e. The first-order valence-electron chi connectivity index (χ1n) is 8.26. The maximum absolute atomic E-state index is 12.1. The van der Waals surface area contributed by atoms with Gasteiger partial charge < -0.3 is 19.8 Å². The Morgan fingerprint density at radius 1 is 1.22 bits per heavy atom. The zero-order valence-electron chi connectivity index (χ0n) is 15.2. The summed E-state index contributed by atoms with van der Waals surface area (Å²) in [5.41, 5.74) is 2.46. The fraction of sp³-hybridized carbons (Fsp3) is 0.263. The molecule has 146 valence electrons. The van der Waals surface area contributed by atoms with Gasteiger partial charge in [0.15, 0.2) is 0 Å². The summed E-state index contributed by atoms with van der Waals surface area (Å²) in [5.74, 6) is 0.565. The highest BCUT2D eigenvalue weighted by Crippen LogP contribution is 2.19. The fourth-order valence-electron chi connectivity index (χ4n) is 2.54. The monoisotopic (exact) mass is 410 g/mol. The van der Waals surface area contributed by atoms with Crippen molar-refractivity contribution in [1.29, 1.82) is 0 Å². The first kappa shape index (κ1) is 22.8. The number of pyridine rings is 1. The van der Waals surface area contributed by atoms with Crippen LogP contribution in [0, 0.1) is 5.92 Å². The number of anilines is 1. The van der Waals surface area contributed by atoms with Crippen LogP contribution in [0.5, 0.6) is 5.75 Å². The van der Waals surface area contributed by atoms with Crippen molar-refractivity contribution < 1.29 is 9.53 Å². The van der Waals surface area contributed by atoms with E-state index in [0.717, 1.165) is 17.0 Å². The van der Waals surface area contributed by atoms with Gasteiger partial charge in [-0.1, -0.05) is 19.1 Å². The summed E-state index contributed by atoms with van der Waals surface area (Å²) in [6, 6.07) is 13.3. The van der Waals surface area contributed by atoms with Crippen molar-refractivity contribution in [3.8, 4) is 5.75 Å². The summed E-state index contributed by atoms with van der Waals surface area (Å²) in [6.45, 7) is 2.89. The molecule has 1 aromatic carbocycles. The molecule has 2 N–H and O–H groups in total. The Morgan fingerprint density at radius 3 is 2.78 bits per heavy atom. The Balaban J connectivity index is 0.00000182. The number of carbonyl (C=O) groups is 1. The van der Waals surface area contributed by atoms with Gasteiger partial charge in [-0.25, -0.2) is 4.98 Å². The second-order valence-corrected chi connectivity index (χ2v) is 5.96. The van der Waals surface area contributed by atoms with Crippen molar-refractivity contribution in [2.75, 3.05) is 18.9 Å². The number of imidazole rings is 1. The summed E-state index contributed by atoms with van der Waals surface area (Å²) in [7, 11) is 1.83. The molecule has 3 rings (SSSR count). The average Bonchev–Trinajstić information content (AvgIpc) is 3.03. The van der Waals surface area contributed by atoms with E-state index in [1.807, 2.05) is 73.2 Å². The number of halogens is 2. The zero-order chi connectivity index (χ0) is 17.6. The molecular weight excluding hydrogens is 387 g/mol. The van der Waals surface area contributed by atoms with Gasteiger partial charge in [0.2, 0.25) is 5.91 Å². The summed E-state index contributed by atoms with van der Waals surface area (Å²) < 4.78 is 7.77. The molecule has 2 aromatic heterocycles. The fourth-order valence-corrected chi connectivity index (χ4v) is 2.54. The van der Waals surface area contributed by atoms with Gasteiger partial charge in [-0.2, -0.15) is 0 Å². The first-order valence-corrected chi connectivity index (χ1v) is 8.26. The number of aromatic nitrogens is 2. The highest BCUT2D eigenvalue weighted by atomic mass is 35.5. The Labute approximate surface area is 171 Å². The number of benzene rings is 1. The molecule has 1 atom stereocenters. The van der Waals surface area contributed by atoms with Gasteiger partial charge in [0.25, 0.3) is 0 Å². The van der Waals surface area contributed by atoms with Crippen molar-refractivity contribution in [1.82, 2.24) is 14.7 Å². The Morgan fingerprint density at radius 2 is 2.04 bits per heavy atom. The van der Waals surface area contributed by atoms with Crippen LogP contribution < -0.4 is 15.4 Å². The molecule has 0 spiro atoms. The molecule has 0 fully saturated rings. The Hall–Kier alpha value is -2.28. The van der Waals surface area contributed by atoms with E-state index in [4.69, 9.17) is 4.74 Å². The van der Waals surface area contributed by atoms with E-state index >= 15 is 0 Å². The predicted molar refractivity (Wildman–Crippen MR) is 112 cm³/mol. The minimum atomic E-state index is -0.104. The maximum atomic E-state index is 12.1. The lowest BCUT2D eigenvalue weighted by molar-refractivity contribution is -0.119. The lowest BCUT2D eigenvalue weighted by Gasteiger charge is -2.12. The molecule has 6 nitrogen and oxygen atoms in total. The van der Waals surface area contributed by atoms with E-state index in [0.29, 0.717) is 18.9 Å². The van der Waals surface area contributed by atoms with Gasteiger partial charge in [0.1, 0.15) is 18.0 Å². The lowest BCUT2D eigenvalue weighted by atomic mass is 10.1. The van der Waals surface area contributed by atoms with Gasteiger partial charge in [-0.15, -0.1) is 24.8 Å². The van der Waals surface area contributed by atoms with Crippen LogP contribution in [-0.4, -0.2) is 28.9 Å². The smallest absolute Gasteiger partial charge is 0.228 e. The molecule has 0 saturated carbocycles. The third-order valence-corrected chi connectivity index (χ3v) is 3.86. The molecular formula is C19H24Cl2N4O2. The third kappa shape index (κ3) is 6.13. The molecule has 1 unspecified atom stereocenters. The Kier molecular flexibility index (Phi) is 9.08. The topological polar surface area (TPSA) is 67.7 Å². The Bertz CT molecular complexity index is 837. The predicted octanol–water partition coefficient (Wildman–Crippen LogP) is 3.55. The zero-order valence-corrected chi connectivity index (χ0v) is 16.8. The minimum Gasteiger partial charge on any atom is -0.487 e. The summed E-state index contributed by atoms with van der Waals surface area (Å²) in [6.07, 6.45) is 3.90. The molecule has 0 aliphatic heterocycles. The summed E-state index contributed by atoms with van der Waals surface area (Å²) in [5, 5.41) is 5.91. The summed E-state index contributed by atoms with van der Waals surface area (Å²) >= 11 is 0. The van der Waals surface area contributed by atoms with Crippen LogP contribution in [0.4, 0.5) is 5.69 Å². The minimum absolute atomic E-state index is 0. The largest absolute Gasteiger partial charge is 0.487 e. The lowest BCUT2D eigenvalue weighted by Crippen LogP contribution is -2.28. The van der Waals surface area contributed by atoms with Crippen molar-refractivity contribution in [3.05, 3.63) is 60.6 Å². The van der Waals surface area contributed by atoms with Gasteiger partial charge in [-0.05, 0) is 31.3 Å². The molecule has 0 radical (unpaired) electrons. The number of amides is 1. The number of ether oxygens (including phenoxy) is 1. The second kappa shape index (κ2) is 10.8. The number of rotatable bonds is 7. The van der Waals surface area contributed by atoms with Crippen LogP contribution in [0.25, 0.3) is 5.65 Å². The van der Waals surface area contributed by atoms with E-state index in [1.165, 1.54) is 0 Å². The number of carbonyl (C=O) groups excluding carboxylic acids is 1. The molecule has 1 amide bonds. The van der Waals surface area contributed by atoms with Crippen molar-refractivity contribution in [2.24, 2.45) is 5.92 Å². The van der Waals surface area contributed by atoms with Crippen LogP contribution in [0.2, 0.25) is 0 Å². The van der Waals surface area contributed by atoms with Crippen molar-refractivity contribution >= 4 is 42.1 Å². The van der Waals surface area contributed by atoms with Gasteiger partial charge >= 0.3 is 0 Å². The quantitative estimate of drug-likeness (QED) is 0.624. The molecule has 0 saturated heterocycles. The number of hydrogen-bond acceptors (Lipinski definition) is 4. The van der Waals surface area contributed by atoms with Crippen LogP contribution in [0.1, 0.15) is 12.6 Å². The first-order chi connectivity index (χ1) is 12.2. The van der Waals surface area contributed by atoms with E-state index in [1.54, 1.807) is 0 Å². The van der Waals surface area contributed by atoms with Gasteiger partial charge in [0, 0.05) is 36.6 Å². The molecule has 0 aliphatic carbocycles. The number of hydrogen-bond donors (Lipinski definition) is 2. The number of fused-ring (bicyclic) bond motifs is 1. The molecule has 2 heterocycles. The molecule has 8 heteroatoms. The highest BCUT2D eigenvalue weighted by Gasteiger charge is 2.12.